The second-order valence-electron chi connectivity index (χ2n) is 4.05. The van der Waals surface area contributed by atoms with Gasteiger partial charge in [-0.15, -0.1) is 11.8 Å². The van der Waals surface area contributed by atoms with Crippen molar-refractivity contribution in [3.8, 4) is 11.5 Å². The summed E-state index contributed by atoms with van der Waals surface area (Å²) in [5, 5.41) is 8.95. The maximum absolute atomic E-state index is 8.95. The molecule has 21 heavy (non-hydrogen) atoms. The number of hydrogen-bond donors (Lipinski definition) is 0. The molecule has 0 bridgehead atoms. The van der Waals surface area contributed by atoms with Crippen molar-refractivity contribution in [2.24, 2.45) is 0 Å². The van der Waals surface area contributed by atoms with Crippen molar-refractivity contribution in [3.63, 3.8) is 0 Å². The van der Waals surface area contributed by atoms with Crippen LogP contribution in [-0.2, 0) is 5.75 Å². The summed E-state index contributed by atoms with van der Waals surface area (Å²) in [7, 11) is 3.14. The topological polar surface area (TPSA) is 46.6 Å². The molecule has 0 N–H and O–H groups in total. The first-order chi connectivity index (χ1) is 9.78. The smallest absolute Gasteiger partial charge is 0.430 e. The summed E-state index contributed by atoms with van der Waals surface area (Å²) in [4.78, 5) is 4.14. The lowest BCUT2D eigenvalue weighted by Gasteiger charge is -2.08. The number of ether oxygens (including phenoxy) is 2. The largest absolute Gasteiger partial charge is 1.00 e. The van der Waals surface area contributed by atoms with Crippen LogP contribution in [0.25, 0.3) is 4.98 Å². The third-order valence-electron chi connectivity index (χ3n) is 2.81. The maximum atomic E-state index is 8.95. The number of rotatable bonds is 5. The molecule has 0 saturated carbocycles. The summed E-state index contributed by atoms with van der Waals surface area (Å²) in [6, 6.07) is 13.7. The van der Waals surface area contributed by atoms with Crippen molar-refractivity contribution >= 4 is 17.4 Å². The molecular weight excluding hydrogens is 308 g/mol. The summed E-state index contributed by atoms with van der Waals surface area (Å²) in [5.41, 5.74) is 1.59. The summed E-state index contributed by atoms with van der Waals surface area (Å²) in [6.07, 6.45) is 0. The van der Waals surface area contributed by atoms with Gasteiger partial charge < -0.3 is 21.9 Å². The van der Waals surface area contributed by atoms with Gasteiger partial charge in [-0.25, -0.2) is 0 Å². The normalized spacial score (nSPS) is 9.38. The predicted octanol–water partition coefficient (Wildman–Crippen LogP) is 1.48. The zero-order chi connectivity index (χ0) is 14.4. The summed E-state index contributed by atoms with van der Waals surface area (Å²) >= 11 is 1.65. The molecule has 6 heteroatoms. The molecule has 0 saturated heterocycles. The Morgan fingerprint density at radius 1 is 1.05 bits per heavy atom. The SMILES string of the molecule is COc1cc(SCc2ccccc2)c(OC)cc1[N+]#N.[Cl-]. The molecule has 2 rings (SSSR count). The van der Waals surface area contributed by atoms with Crippen LogP contribution in [0.15, 0.2) is 47.4 Å². The van der Waals surface area contributed by atoms with Crippen molar-refractivity contribution < 1.29 is 21.9 Å². The highest BCUT2D eigenvalue weighted by Gasteiger charge is 2.20. The van der Waals surface area contributed by atoms with Gasteiger partial charge in [0.05, 0.1) is 25.2 Å². The standard InChI is InChI=1S/C15H15N2O2S.ClH/c1-18-13-9-15(14(19-2)8-12(13)17-16)20-10-11-6-4-3-5-7-11;/h3-9H,10H2,1-2H3;1H/q+1;/p-1. The number of nitrogens with zero attached hydrogens (tertiary/aromatic N) is 2. The lowest BCUT2D eigenvalue weighted by Crippen LogP contribution is -3.00. The first-order valence-electron chi connectivity index (χ1n) is 6.06. The zero-order valence-electron chi connectivity index (χ0n) is 11.7. The van der Waals surface area contributed by atoms with E-state index in [1.54, 1.807) is 32.0 Å². The van der Waals surface area contributed by atoms with Crippen LogP contribution in [0.3, 0.4) is 0 Å². The highest BCUT2D eigenvalue weighted by molar-refractivity contribution is 7.98. The van der Waals surface area contributed by atoms with Gasteiger partial charge in [0.1, 0.15) is 5.75 Å². The zero-order valence-corrected chi connectivity index (χ0v) is 13.3. The lowest BCUT2D eigenvalue weighted by molar-refractivity contribution is -0.00000487. The maximum Gasteiger partial charge on any atom is 0.430 e. The number of halogens is 1. The Balaban J connectivity index is 0.00000220. The molecule has 0 aliphatic rings. The molecule has 0 unspecified atom stereocenters. The predicted molar refractivity (Wildman–Crippen MR) is 80.3 cm³/mol. The molecule has 0 aliphatic carbocycles. The average Bonchev–Trinajstić information content (AvgIpc) is 2.52. The van der Waals surface area contributed by atoms with E-state index in [4.69, 9.17) is 14.9 Å². The van der Waals surface area contributed by atoms with Crippen molar-refractivity contribution in [1.29, 1.82) is 5.39 Å². The van der Waals surface area contributed by atoms with Gasteiger partial charge in [0.15, 0.2) is 4.98 Å². The van der Waals surface area contributed by atoms with E-state index in [2.05, 4.69) is 17.1 Å². The van der Waals surface area contributed by atoms with Crippen molar-refractivity contribution in [1.82, 2.24) is 0 Å². The third-order valence-corrected chi connectivity index (χ3v) is 3.92. The average molecular weight is 323 g/mol. The molecule has 0 amide bonds. The van der Waals surface area contributed by atoms with Gasteiger partial charge in [-0.1, -0.05) is 30.3 Å². The van der Waals surface area contributed by atoms with Crippen LogP contribution < -0.4 is 21.9 Å². The first kappa shape index (κ1) is 17.2. The van der Waals surface area contributed by atoms with Crippen LogP contribution in [-0.4, -0.2) is 14.2 Å². The van der Waals surface area contributed by atoms with Crippen LogP contribution in [0.5, 0.6) is 11.5 Å². The lowest BCUT2D eigenvalue weighted by atomic mass is 10.2. The van der Waals surface area contributed by atoms with Crippen LogP contribution >= 0.6 is 11.8 Å². The Kier molecular flexibility index (Phi) is 6.86. The molecule has 0 fully saturated rings. The molecule has 0 heterocycles. The Morgan fingerprint density at radius 3 is 2.29 bits per heavy atom. The highest BCUT2D eigenvalue weighted by atomic mass is 35.5. The summed E-state index contributed by atoms with van der Waals surface area (Å²) in [5.74, 6) is 2.01. The van der Waals surface area contributed by atoms with E-state index in [-0.39, 0.29) is 12.4 Å². The monoisotopic (exact) mass is 322 g/mol. The van der Waals surface area contributed by atoms with E-state index in [1.165, 1.54) is 5.56 Å². The number of methoxy groups -OCH3 is 2. The Morgan fingerprint density at radius 2 is 1.71 bits per heavy atom. The van der Waals surface area contributed by atoms with Crippen LogP contribution in [0.1, 0.15) is 5.56 Å². The van der Waals surface area contributed by atoms with Gasteiger partial charge in [0.25, 0.3) is 0 Å². The van der Waals surface area contributed by atoms with E-state index in [1.807, 2.05) is 24.3 Å². The summed E-state index contributed by atoms with van der Waals surface area (Å²) in [6.45, 7) is 0. The molecule has 0 aromatic heterocycles. The van der Waals surface area contributed by atoms with E-state index in [0.717, 1.165) is 10.6 Å². The van der Waals surface area contributed by atoms with Crippen molar-refractivity contribution in [3.05, 3.63) is 53.0 Å². The Bertz CT molecular complexity index is 630. The molecule has 0 atom stereocenters. The molecule has 0 spiro atoms. The fourth-order valence-electron chi connectivity index (χ4n) is 1.78. The summed E-state index contributed by atoms with van der Waals surface area (Å²) < 4.78 is 10.5. The van der Waals surface area contributed by atoms with Crippen molar-refractivity contribution in [2.45, 2.75) is 10.6 Å². The van der Waals surface area contributed by atoms with Gasteiger partial charge in [-0.3, -0.25) is 0 Å². The van der Waals surface area contributed by atoms with Crippen molar-refractivity contribution in [2.75, 3.05) is 14.2 Å². The number of diazo groups is 1. The molecule has 2 aromatic carbocycles. The minimum atomic E-state index is 0. The first-order valence-corrected chi connectivity index (χ1v) is 7.05. The molecule has 0 aliphatic heterocycles. The van der Waals surface area contributed by atoms with Gasteiger partial charge >= 0.3 is 5.69 Å². The molecule has 0 radical (unpaired) electrons. The van der Waals surface area contributed by atoms with Gasteiger partial charge in [0, 0.05) is 11.8 Å². The quantitative estimate of drug-likeness (QED) is 0.618. The Labute approximate surface area is 134 Å². The van der Waals surface area contributed by atoms with Gasteiger partial charge in [0.2, 0.25) is 11.1 Å². The van der Waals surface area contributed by atoms with Crippen LogP contribution in [0.4, 0.5) is 5.69 Å². The van der Waals surface area contributed by atoms with E-state index >= 15 is 0 Å². The highest BCUT2D eigenvalue weighted by Crippen LogP contribution is 2.40. The third kappa shape index (κ3) is 4.28. The second-order valence-corrected chi connectivity index (χ2v) is 5.07. The van der Waals surface area contributed by atoms with Crippen LogP contribution in [0, 0.1) is 5.39 Å². The van der Waals surface area contributed by atoms with E-state index in [9.17, 15) is 0 Å². The molecule has 110 valence electrons. The molecule has 4 nitrogen and oxygen atoms in total. The molecular formula is C15H15ClN2O2S. The van der Waals surface area contributed by atoms with Gasteiger partial charge in [-0.05, 0) is 5.56 Å². The second kappa shape index (κ2) is 8.40. The Hall–Kier alpha value is -1.90. The number of thioether (sulfide) groups is 1. The minimum absolute atomic E-state index is 0. The molecule has 2 aromatic rings. The van der Waals surface area contributed by atoms with E-state index in [0.29, 0.717) is 17.2 Å². The minimum Gasteiger partial charge on any atom is -1.00 e. The van der Waals surface area contributed by atoms with Gasteiger partial charge in [-0.2, -0.15) is 0 Å². The number of hydrogen-bond acceptors (Lipinski definition) is 4. The fraction of sp³-hybridized carbons (Fsp3) is 0.200. The van der Waals surface area contributed by atoms with E-state index < -0.39 is 0 Å². The van der Waals surface area contributed by atoms with Crippen LogP contribution in [0.2, 0.25) is 0 Å². The number of benzene rings is 2. The fourth-order valence-corrected chi connectivity index (χ4v) is 2.77.